The van der Waals surface area contributed by atoms with Gasteiger partial charge in [0.15, 0.2) is 16.7 Å². The number of halogens is 1. The molecule has 0 atom stereocenters. The predicted molar refractivity (Wildman–Crippen MR) is 92.9 cm³/mol. The molecule has 2 N–H and O–H groups in total. The fourth-order valence-corrected chi connectivity index (χ4v) is 3.30. The Morgan fingerprint density at radius 2 is 2.05 bits per heavy atom. The molecule has 7 heteroatoms. The summed E-state index contributed by atoms with van der Waals surface area (Å²) in [5.74, 6) is 1.14. The number of amidine groups is 1. The third kappa shape index (κ3) is 3.91. The van der Waals surface area contributed by atoms with E-state index >= 15 is 0 Å². The molecule has 2 rings (SSSR count). The van der Waals surface area contributed by atoms with Crippen molar-refractivity contribution < 1.29 is 14.3 Å². The molecule has 0 saturated carbocycles. The first kappa shape index (κ1) is 16.2. The number of carbonyl (C=O) groups excluding carboxylic acids is 1. The van der Waals surface area contributed by atoms with Crippen LogP contribution < -0.4 is 14.8 Å². The van der Waals surface area contributed by atoms with Crippen LogP contribution in [0, 0.1) is 8.98 Å². The molecule has 1 amide bonds. The first-order chi connectivity index (χ1) is 10.0. The second-order valence-electron chi connectivity index (χ2n) is 4.09. The second kappa shape index (κ2) is 7.17. The van der Waals surface area contributed by atoms with Crippen molar-refractivity contribution in [2.24, 2.45) is 0 Å². The number of hydrogen-bond acceptors (Lipinski definition) is 5. The van der Waals surface area contributed by atoms with Gasteiger partial charge < -0.3 is 14.8 Å². The Bertz CT molecular complexity index is 616. The van der Waals surface area contributed by atoms with Crippen molar-refractivity contribution in [1.82, 2.24) is 5.32 Å². The minimum Gasteiger partial charge on any atom is -0.490 e. The largest absolute Gasteiger partial charge is 0.490 e. The Kier molecular flexibility index (Phi) is 5.51. The normalized spacial score (nSPS) is 16.2. The summed E-state index contributed by atoms with van der Waals surface area (Å²) in [7, 11) is 0. The van der Waals surface area contributed by atoms with E-state index in [4.69, 9.17) is 14.9 Å². The highest BCUT2D eigenvalue weighted by Crippen LogP contribution is 2.36. The van der Waals surface area contributed by atoms with Gasteiger partial charge in [-0.25, -0.2) is 0 Å². The zero-order valence-corrected chi connectivity index (χ0v) is 14.6. The molecular weight excluding hydrogens is 403 g/mol. The zero-order valence-electron chi connectivity index (χ0n) is 11.7. The third-order valence-electron chi connectivity index (χ3n) is 2.58. The molecule has 112 valence electrons. The van der Waals surface area contributed by atoms with Gasteiger partial charge in [-0.2, -0.15) is 0 Å². The van der Waals surface area contributed by atoms with Crippen LogP contribution >= 0.6 is 34.4 Å². The highest BCUT2D eigenvalue weighted by molar-refractivity contribution is 14.1. The molecule has 1 aliphatic heterocycles. The van der Waals surface area contributed by atoms with Gasteiger partial charge in [-0.05, 0) is 72.0 Å². The molecule has 1 aromatic rings. The van der Waals surface area contributed by atoms with Gasteiger partial charge in [0.25, 0.3) is 5.91 Å². The number of thioether (sulfide) groups is 1. The summed E-state index contributed by atoms with van der Waals surface area (Å²) in [4.78, 5) is 12.2. The minimum absolute atomic E-state index is 0.150. The van der Waals surface area contributed by atoms with E-state index in [9.17, 15) is 4.79 Å². The smallest absolute Gasteiger partial charge is 0.264 e. The monoisotopic (exact) mass is 418 g/mol. The number of amides is 1. The molecule has 5 nitrogen and oxygen atoms in total. The molecule has 0 bridgehead atoms. The van der Waals surface area contributed by atoms with Gasteiger partial charge in [-0.15, -0.1) is 0 Å². The van der Waals surface area contributed by atoms with E-state index in [1.165, 1.54) is 0 Å². The summed E-state index contributed by atoms with van der Waals surface area (Å²) in [5.41, 5.74) is 0.846. The van der Waals surface area contributed by atoms with Crippen LogP contribution in [0.5, 0.6) is 11.5 Å². The molecule has 0 aromatic heterocycles. The molecule has 1 aliphatic rings. The van der Waals surface area contributed by atoms with Crippen LogP contribution in [0.1, 0.15) is 19.4 Å². The first-order valence-corrected chi connectivity index (χ1v) is 8.33. The van der Waals surface area contributed by atoms with Gasteiger partial charge >= 0.3 is 0 Å². The van der Waals surface area contributed by atoms with E-state index in [-0.39, 0.29) is 11.1 Å². The topological polar surface area (TPSA) is 71.4 Å². The Balaban J connectivity index is 2.39. The number of benzene rings is 1. The maximum absolute atomic E-state index is 11.7. The maximum atomic E-state index is 11.7. The van der Waals surface area contributed by atoms with E-state index in [0.29, 0.717) is 23.9 Å². The zero-order chi connectivity index (χ0) is 15.4. The van der Waals surface area contributed by atoms with Crippen LogP contribution in [0.15, 0.2) is 17.0 Å². The van der Waals surface area contributed by atoms with Gasteiger partial charge in [0.1, 0.15) is 0 Å². The van der Waals surface area contributed by atoms with Gasteiger partial charge in [-0.1, -0.05) is 0 Å². The van der Waals surface area contributed by atoms with Crippen LogP contribution in [0.2, 0.25) is 0 Å². The van der Waals surface area contributed by atoms with Crippen molar-refractivity contribution >= 4 is 51.5 Å². The summed E-state index contributed by atoms with van der Waals surface area (Å²) in [5, 5.41) is 10.1. The van der Waals surface area contributed by atoms with Crippen LogP contribution in [-0.4, -0.2) is 24.3 Å². The Labute approximate surface area is 141 Å². The predicted octanol–water partition coefficient (Wildman–Crippen LogP) is 3.23. The number of rotatable bonds is 5. The summed E-state index contributed by atoms with van der Waals surface area (Å²) in [6, 6.07) is 3.77. The molecule has 21 heavy (non-hydrogen) atoms. The highest BCUT2D eigenvalue weighted by atomic mass is 127. The lowest BCUT2D eigenvalue weighted by Gasteiger charge is -2.13. The molecule has 1 aromatic carbocycles. The van der Waals surface area contributed by atoms with Gasteiger partial charge in [0, 0.05) is 0 Å². The number of nitrogens with one attached hydrogen (secondary N) is 2. The van der Waals surface area contributed by atoms with Crippen LogP contribution in [-0.2, 0) is 4.79 Å². The van der Waals surface area contributed by atoms with Gasteiger partial charge in [0.05, 0.1) is 21.7 Å². The standard InChI is InChI=1S/C14H15IN2O3S/c1-3-19-10-6-8(5-9(15)12(10)20-4-2)7-11-13(18)17-14(16)21-11/h5-7H,3-4H2,1-2H3,(H2,16,17,18). The lowest BCUT2D eigenvalue weighted by atomic mass is 10.2. The molecule has 0 radical (unpaired) electrons. The Hall–Kier alpha value is -1.22. The lowest BCUT2D eigenvalue weighted by Crippen LogP contribution is -2.18. The molecule has 1 fully saturated rings. The molecule has 0 aliphatic carbocycles. The van der Waals surface area contributed by atoms with Crippen LogP contribution in [0.3, 0.4) is 0 Å². The van der Waals surface area contributed by atoms with E-state index in [1.807, 2.05) is 26.0 Å². The fourth-order valence-electron chi connectivity index (χ4n) is 1.81. The van der Waals surface area contributed by atoms with Crippen LogP contribution in [0.25, 0.3) is 6.08 Å². The Morgan fingerprint density at radius 3 is 2.62 bits per heavy atom. The number of ether oxygens (including phenoxy) is 2. The number of carbonyl (C=O) groups is 1. The minimum atomic E-state index is -0.244. The lowest BCUT2D eigenvalue weighted by molar-refractivity contribution is -0.115. The Morgan fingerprint density at radius 1 is 1.33 bits per heavy atom. The highest BCUT2D eigenvalue weighted by Gasteiger charge is 2.22. The second-order valence-corrected chi connectivity index (χ2v) is 6.30. The van der Waals surface area contributed by atoms with E-state index in [2.05, 4.69) is 27.9 Å². The fraction of sp³-hybridized carbons (Fsp3) is 0.286. The van der Waals surface area contributed by atoms with Crippen molar-refractivity contribution in [3.8, 4) is 11.5 Å². The average molecular weight is 418 g/mol. The molecule has 1 heterocycles. The van der Waals surface area contributed by atoms with E-state index in [0.717, 1.165) is 26.6 Å². The molecule has 0 unspecified atom stereocenters. The molecular formula is C14H15IN2O3S. The maximum Gasteiger partial charge on any atom is 0.264 e. The molecule has 1 saturated heterocycles. The SMILES string of the molecule is CCOc1cc(C=C2SC(=N)NC2=O)cc(I)c1OCC. The number of hydrogen-bond donors (Lipinski definition) is 2. The van der Waals surface area contributed by atoms with Gasteiger partial charge in [0.2, 0.25) is 0 Å². The van der Waals surface area contributed by atoms with Crippen molar-refractivity contribution in [3.05, 3.63) is 26.2 Å². The molecule has 0 spiro atoms. The summed E-state index contributed by atoms with van der Waals surface area (Å²) in [6.07, 6.45) is 1.75. The summed E-state index contributed by atoms with van der Waals surface area (Å²) in [6.45, 7) is 4.93. The van der Waals surface area contributed by atoms with Crippen molar-refractivity contribution in [2.75, 3.05) is 13.2 Å². The third-order valence-corrected chi connectivity index (χ3v) is 4.21. The van der Waals surface area contributed by atoms with Crippen molar-refractivity contribution in [3.63, 3.8) is 0 Å². The quantitative estimate of drug-likeness (QED) is 0.569. The van der Waals surface area contributed by atoms with Crippen molar-refractivity contribution in [2.45, 2.75) is 13.8 Å². The first-order valence-electron chi connectivity index (χ1n) is 6.43. The summed E-state index contributed by atoms with van der Waals surface area (Å²) >= 11 is 3.30. The van der Waals surface area contributed by atoms with E-state index < -0.39 is 0 Å². The van der Waals surface area contributed by atoms with Crippen molar-refractivity contribution in [1.29, 1.82) is 5.41 Å². The summed E-state index contributed by atoms with van der Waals surface area (Å²) < 4.78 is 12.1. The average Bonchev–Trinajstić information content (AvgIpc) is 2.72. The van der Waals surface area contributed by atoms with Crippen LogP contribution in [0.4, 0.5) is 0 Å². The van der Waals surface area contributed by atoms with Gasteiger partial charge in [-0.3, -0.25) is 10.2 Å². The van der Waals surface area contributed by atoms with E-state index in [1.54, 1.807) is 6.08 Å².